The van der Waals surface area contributed by atoms with Crippen LogP contribution in [0.4, 0.5) is 18.9 Å². The van der Waals surface area contributed by atoms with Crippen molar-refractivity contribution < 1.29 is 27.3 Å². The summed E-state index contributed by atoms with van der Waals surface area (Å²) in [6, 6.07) is 11.7. The van der Waals surface area contributed by atoms with E-state index in [-0.39, 0.29) is 12.2 Å². The van der Waals surface area contributed by atoms with Gasteiger partial charge in [-0.25, -0.2) is 4.79 Å². The van der Waals surface area contributed by atoms with Crippen molar-refractivity contribution in [3.8, 4) is 0 Å². The number of likely N-dealkylation sites (N-methyl/N-ethyl adjacent to an activating group) is 1. The van der Waals surface area contributed by atoms with Gasteiger partial charge in [-0.2, -0.15) is 13.2 Å². The number of para-hydroxylation sites is 1. The lowest BCUT2D eigenvalue weighted by atomic mass is 10.1. The monoisotopic (exact) mass is 405 g/mol. The van der Waals surface area contributed by atoms with Crippen LogP contribution in [0.3, 0.4) is 0 Å². The summed E-state index contributed by atoms with van der Waals surface area (Å²) in [5, 5.41) is 3.09. The molecule has 0 fully saturated rings. The number of benzene rings is 2. The lowest BCUT2D eigenvalue weighted by molar-refractivity contribution is -0.885. The van der Waals surface area contributed by atoms with Crippen molar-refractivity contribution in [3.63, 3.8) is 0 Å². The van der Waals surface area contributed by atoms with Gasteiger partial charge in [0.15, 0.2) is 6.54 Å². The fourth-order valence-electron chi connectivity index (χ4n) is 3.18. The molecule has 2 N–H and O–H groups in total. The molecule has 29 heavy (non-hydrogen) atoms. The van der Waals surface area contributed by atoms with E-state index < -0.39 is 23.3 Å². The highest BCUT2D eigenvalue weighted by Crippen LogP contribution is 2.34. The fraction of sp³-hybridized carbons (Fsp3) is 0.238. The Balaban J connectivity index is 1.74. The van der Waals surface area contributed by atoms with E-state index in [1.165, 1.54) is 24.3 Å². The molecule has 0 saturated carbocycles. The van der Waals surface area contributed by atoms with Gasteiger partial charge in [-0.3, -0.25) is 4.79 Å². The van der Waals surface area contributed by atoms with Gasteiger partial charge >= 0.3 is 11.8 Å². The molecule has 1 atom stereocenters. The highest BCUT2D eigenvalue weighted by atomic mass is 19.4. The number of carbonyl (C=O) groups is 1. The molecule has 1 heterocycles. The van der Waals surface area contributed by atoms with Crippen LogP contribution >= 0.6 is 0 Å². The maximum Gasteiger partial charge on any atom is 0.418 e. The van der Waals surface area contributed by atoms with Crippen LogP contribution in [-0.2, 0) is 17.5 Å². The van der Waals surface area contributed by atoms with E-state index in [9.17, 15) is 22.8 Å². The van der Waals surface area contributed by atoms with Crippen LogP contribution in [0.5, 0.6) is 0 Å². The van der Waals surface area contributed by atoms with Crippen molar-refractivity contribution in [3.05, 3.63) is 75.6 Å². The number of rotatable bonds is 5. The summed E-state index contributed by atoms with van der Waals surface area (Å²) >= 11 is 0. The van der Waals surface area contributed by atoms with Crippen molar-refractivity contribution >= 4 is 22.6 Å². The van der Waals surface area contributed by atoms with E-state index in [0.29, 0.717) is 22.6 Å². The topological polar surface area (TPSA) is 63.8 Å². The Morgan fingerprint density at radius 3 is 2.59 bits per heavy atom. The first-order chi connectivity index (χ1) is 13.6. The zero-order valence-corrected chi connectivity index (χ0v) is 15.9. The Bertz CT molecular complexity index is 1110. The maximum absolute atomic E-state index is 13.1. The van der Waals surface area contributed by atoms with Crippen molar-refractivity contribution in [2.45, 2.75) is 19.6 Å². The standard InChI is InChI=1S/C21H19F3N2O3/c1-13-7-8-15-14(10-20(28)29-18(15)9-13)11-26(2)12-19(27)25-17-6-4-3-5-16(17)21(22,23)24/h3-10H,11-12H2,1-2H3,(H,25,27)/p+1. The van der Waals surface area contributed by atoms with Gasteiger partial charge in [-0.15, -0.1) is 0 Å². The molecule has 0 aliphatic heterocycles. The molecule has 0 saturated heterocycles. The molecular formula is C21H20F3N2O3+. The van der Waals surface area contributed by atoms with Gasteiger partial charge in [0, 0.05) is 17.0 Å². The van der Waals surface area contributed by atoms with Gasteiger partial charge < -0.3 is 14.6 Å². The second kappa shape index (κ2) is 8.08. The molecule has 8 heteroatoms. The molecule has 0 aliphatic carbocycles. The van der Waals surface area contributed by atoms with Crippen molar-refractivity contribution in [2.75, 3.05) is 18.9 Å². The van der Waals surface area contributed by atoms with Gasteiger partial charge in [0.2, 0.25) is 0 Å². The molecular weight excluding hydrogens is 385 g/mol. The lowest BCUT2D eigenvalue weighted by Gasteiger charge is -2.17. The Hall–Kier alpha value is -3.13. The second-order valence-electron chi connectivity index (χ2n) is 6.99. The van der Waals surface area contributed by atoms with Crippen LogP contribution in [0.1, 0.15) is 16.7 Å². The first-order valence-electron chi connectivity index (χ1n) is 8.94. The third-order valence-corrected chi connectivity index (χ3v) is 4.45. The summed E-state index contributed by atoms with van der Waals surface area (Å²) in [6.45, 7) is 2.14. The Morgan fingerprint density at radius 2 is 1.86 bits per heavy atom. The Morgan fingerprint density at radius 1 is 1.14 bits per heavy atom. The zero-order chi connectivity index (χ0) is 21.2. The number of nitrogens with one attached hydrogen (secondary N) is 2. The zero-order valence-electron chi connectivity index (χ0n) is 15.9. The first kappa shape index (κ1) is 20.6. The van der Waals surface area contributed by atoms with Crippen LogP contribution in [0, 0.1) is 6.92 Å². The Labute approximate surface area is 164 Å². The predicted molar refractivity (Wildman–Crippen MR) is 103 cm³/mol. The highest BCUT2D eigenvalue weighted by Gasteiger charge is 2.33. The molecule has 0 bridgehead atoms. The Kier molecular flexibility index (Phi) is 5.74. The van der Waals surface area contributed by atoms with Crippen LogP contribution in [0.25, 0.3) is 11.0 Å². The van der Waals surface area contributed by atoms with Crippen LogP contribution in [0.15, 0.2) is 57.7 Å². The normalized spacial score (nSPS) is 12.7. The minimum atomic E-state index is -4.56. The minimum absolute atomic E-state index is 0.0697. The number of alkyl halides is 3. The van der Waals surface area contributed by atoms with Crippen LogP contribution in [0.2, 0.25) is 0 Å². The number of halogens is 3. The molecule has 3 aromatic rings. The summed E-state index contributed by atoms with van der Waals surface area (Å²) < 4.78 is 44.4. The van der Waals surface area contributed by atoms with Gasteiger partial charge in [0.05, 0.1) is 18.3 Å². The third kappa shape index (κ3) is 5.03. The van der Waals surface area contributed by atoms with E-state index in [4.69, 9.17) is 4.42 Å². The average molecular weight is 405 g/mol. The molecule has 1 unspecified atom stereocenters. The molecule has 0 radical (unpaired) electrons. The lowest BCUT2D eigenvalue weighted by Crippen LogP contribution is -3.08. The highest BCUT2D eigenvalue weighted by molar-refractivity contribution is 5.92. The number of anilines is 1. The van der Waals surface area contributed by atoms with Crippen LogP contribution in [-0.4, -0.2) is 19.5 Å². The van der Waals surface area contributed by atoms with Crippen molar-refractivity contribution in [2.24, 2.45) is 0 Å². The van der Waals surface area contributed by atoms with Gasteiger partial charge in [-0.05, 0) is 30.7 Å². The first-order valence-corrected chi connectivity index (χ1v) is 8.94. The van der Waals surface area contributed by atoms with Gasteiger partial charge in [0.1, 0.15) is 12.1 Å². The number of carbonyl (C=O) groups excluding carboxylic acids is 1. The van der Waals surface area contributed by atoms with E-state index in [2.05, 4.69) is 5.32 Å². The summed E-state index contributed by atoms with van der Waals surface area (Å²) in [5.41, 5.74) is 0.448. The van der Waals surface area contributed by atoms with Crippen molar-refractivity contribution in [1.29, 1.82) is 0 Å². The van der Waals surface area contributed by atoms with E-state index >= 15 is 0 Å². The quantitative estimate of drug-likeness (QED) is 0.642. The fourth-order valence-corrected chi connectivity index (χ4v) is 3.18. The van der Waals surface area contributed by atoms with Crippen LogP contribution < -0.4 is 15.8 Å². The molecule has 2 aromatic carbocycles. The molecule has 0 spiro atoms. The second-order valence-corrected chi connectivity index (χ2v) is 6.99. The molecule has 1 amide bonds. The van der Waals surface area contributed by atoms with E-state index in [0.717, 1.165) is 17.0 Å². The minimum Gasteiger partial charge on any atom is -0.423 e. The number of fused-ring (bicyclic) bond motifs is 1. The molecule has 5 nitrogen and oxygen atoms in total. The largest absolute Gasteiger partial charge is 0.423 e. The number of quaternary nitrogens is 1. The molecule has 1 aromatic heterocycles. The van der Waals surface area contributed by atoms with E-state index in [1.807, 2.05) is 19.1 Å². The summed E-state index contributed by atoms with van der Waals surface area (Å²) in [4.78, 5) is 24.8. The van der Waals surface area contributed by atoms with Gasteiger partial charge in [-0.1, -0.05) is 24.3 Å². The smallest absolute Gasteiger partial charge is 0.418 e. The molecule has 152 valence electrons. The maximum atomic E-state index is 13.1. The van der Waals surface area contributed by atoms with E-state index in [1.54, 1.807) is 13.1 Å². The molecule has 0 aliphatic rings. The average Bonchev–Trinajstić information content (AvgIpc) is 2.60. The third-order valence-electron chi connectivity index (χ3n) is 4.45. The van der Waals surface area contributed by atoms with Crippen molar-refractivity contribution in [1.82, 2.24) is 0 Å². The van der Waals surface area contributed by atoms with Gasteiger partial charge in [0.25, 0.3) is 5.91 Å². The number of aryl methyl sites for hydroxylation is 1. The number of hydrogen-bond acceptors (Lipinski definition) is 3. The summed E-state index contributed by atoms with van der Waals surface area (Å²) in [7, 11) is 1.73. The summed E-state index contributed by atoms with van der Waals surface area (Å²) in [5.74, 6) is -0.553. The number of amides is 1. The molecule has 3 rings (SSSR count). The SMILES string of the molecule is Cc1ccc2c(C[NH+](C)CC(=O)Nc3ccccc3C(F)(F)F)cc(=O)oc2c1. The summed E-state index contributed by atoms with van der Waals surface area (Å²) in [6.07, 6.45) is -4.56. The predicted octanol–water partition coefficient (Wildman–Crippen LogP) is 2.77. The number of hydrogen-bond donors (Lipinski definition) is 2.